The number of rotatable bonds is 5. The summed E-state index contributed by atoms with van der Waals surface area (Å²) in [5, 5.41) is 14.3. The summed E-state index contributed by atoms with van der Waals surface area (Å²) in [4.78, 5) is 24.2. The van der Waals surface area contributed by atoms with Crippen LogP contribution < -0.4 is 10.9 Å². The number of amides is 1. The Morgan fingerprint density at radius 1 is 0.867 bits per heavy atom. The lowest BCUT2D eigenvalue weighted by Crippen LogP contribution is -2.13. The molecule has 0 saturated heterocycles. The van der Waals surface area contributed by atoms with Gasteiger partial charge in [-0.05, 0) is 36.4 Å². The van der Waals surface area contributed by atoms with Gasteiger partial charge in [-0.2, -0.15) is 5.11 Å². The largest absolute Gasteiger partial charge is 0.326 e. The summed E-state index contributed by atoms with van der Waals surface area (Å²) < 4.78 is 1.45. The van der Waals surface area contributed by atoms with Crippen molar-refractivity contribution in [3.05, 3.63) is 95.3 Å². The summed E-state index contributed by atoms with van der Waals surface area (Å²) in [5.74, 6) is -0.148. The summed E-state index contributed by atoms with van der Waals surface area (Å²) in [5.41, 5.74) is 3.28. The Labute approximate surface area is 172 Å². The van der Waals surface area contributed by atoms with E-state index in [0.29, 0.717) is 22.8 Å². The summed E-state index contributed by atoms with van der Waals surface area (Å²) in [6.07, 6.45) is 0. The molecule has 1 heterocycles. The number of para-hydroxylation sites is 1. The van der Waals surface area contributed by atoms with E-state index in [4.69, 9.17) is 0 Å². The van der Waals surface area contributed by atoms with Crippen molar-refractivity contribution >= 4 is 23.0 Å². The van der Waals surface area contributed by atoms with Crippen molar-refractivity contribution in [2.45, 2.75) is 6.92 Å². The number of nitrogens with zero attached hydrogens (tertiary/aromatic N) is 3. The third kappa shape index (κ3) is 4.10. The molecule has 7 heteroatoms. The zero-order valence-corrected chi connectivity index (χ0v) is 16.2. The minimum atomic E-state index is -0.293. The molecule has 4 aromatic rings. The molecule has 0 aliphatic rings. The van der Waals surface area contributed by atoms with Gasteiger partial charge in [0.2, 0.25) is 5.91 Å². The lowest BCUT2D eigenvalue weighted by Gasteiger charge is -2.01. The van der Waals surface area contributed by atoms with Crippen LogP contribution in [-0.4, -0.2) is 15.7 Å². The smallest absolute Gasteiger partial charge is 0.299 e. The summed E-state index contributed by atoms with van der Waals surface area (Å²) in [6, 6.07) is 25.7. The van der Waals surface area contributed by atoms with Crippen LogP contribution >= 0.6 is 0 Å². The average molecular weight is 397 g/mol. The fourth-order valence-electron chi connectivity index (χ4n) is 3.01. The van der Waals surface area contributed by atoms with Crippen LogP contribution in [0.2, 0.25) is 0 Å². The predicted molar refractivity (Wildman–Crippen MR) is 117 cm³/mol. The maximum Gasteiger partial charge on any atom is 0.299 e. The standard InChI is InChI=1S/C23H19N5O2/c1-16(29)24-18-12-14-19(15-13-18)25-26-22-21(17-8-4-2-5-9-17)27-28(23(22)30)20-10-6-3-7-11-20/h2-15,27H,1H3,(H,24,29). The molecule has 0 spiro atoms. The molecule has 0 aliphatic carbocycles. The maximum absolute atomic E-state index is 13.1. The first-order valence-electron chi connectivity index (χ1n) is 9.37. The van der Waals surface area contributed by atoms with Crippen LogP contribution in [0.3, 0.4) is 0 Å². The molecule has 148 valence electrons. The fraction of sp³-hybridized carbons (Fsp3) is 0.0435. The van der Waals surface area contributed by atoms with E-state index in [0.717, 1.165) is 5.56 Å². The van der Waals surface area contributed by atoms with E-state index in [1.54, 1.807) is 24.3 Å². The number of hydrogen-bond donors (Lipinski definition) is 2. The second-order valence-electron chi connectivity index (χ2n) is 6.61. The molecule has 0 unspecified atom stereocenters. The third-order valence-electron chi connectivity index (χ3n) is 4.40. The maximum atomic E-state index is 13.1. The number of aromatic amines is 1. The third-order valence-corrected chi connectivity index (χ3v) is 4.40. The van der Waals surface area contributed by atoms with E-state index < -0.39 is 0 Å². The van der Waals surface area contributed by atoms with Crippen molar-refractivity contribution in [1.29, 1.82) is 0 Å². The Hall–Kier alpha value is -4.26. The monoisotopic (exact) mass is 397 g/mol. The molecule has 0 atom stereocenters. The molecule has 0 bridgehead atoms. The number of carbonyl (C=O) groups is 1. The van der Waals surface area contributed by atoms with E-state index in [9.17, 15) is 9.59 Å². The molecule has 0 aliphatic heterocycles. The minimum absolute atomic E-state index is 0.148. The Morgan fingerprint density at radius 3 is 2.13 bits per heavy atom. The molecule has 7 nitrogen and oxygen atoms in total. The van der Waals surface area contributed by atoms with E-state index >= 15 is 0 Å². The molecular formula is C23H19N5O2. The first-order valence-corrected chi connectivity index (χ1v) is 9.37. The zero-order chi connectivity index (χ0) is 20.9. The van der Waals surface area contributed by atoms with Crippen molar-refractivity contribution < 1.29 is 4.79 Å². The van der Waals surface area contributed by atoms with Crippen molar-refractivity contribution in [1.82, 2.24) is 9.78 Å². The highest BCUT2D eigenvalue weighted by Gasteiger charge is 2.16. The number of carbonyl (C=O) groups excluding carboxylic acids is 1. The van der Waals surface area contributed by atoms with Gasteiger partial charge in [0.1, 0.15) is 0 Å². The minimum Gasteiger partial charge on any atom is -0.326 e. The van der Waals surface area contributed by atoms with E-state index in [1.807, 2.05) is 60.7 Å². The first kappa shape index (κ1) is 19.1. The summed E-state index contributed by atoms with van der Waals surface area (Å²) in [6.45, 7) is 1.45. The van der Waals surface area contributed by atoms with Gasteiger partial charge in [-0.3, -0.25) is 14.7 Å². The van der Waals surface area contributed by atoms with Gasteiger partial charge in [-0.1, -0.05) is 48.5 Å². The molecule has 0 saturated carbocycles. The van der Waals surface area contributed by atoms with Crippen LogP contribution in [0.25, 0.3) is 16.9 Å². The molecule has 3 aromatic carbocycles. The molecule has 0 radical (unpaired) electrons. The highest BCUT2D eigenvalue weighted by Crippen LogP contribution is 2.28. The molecule has 2 N–H and O–H groups in total. The van der Waals surface area contributed by atoms with Crippen LogP contribution in [0.4, 0.5) is 17.1 Å². The lowest BCUT2D eigenvalue weighted by atomic mass is 10.1. The molecule has 4 rings (SSSR count). The van der Waals surface area contributed by atoms with Crippen molar-refractivity contribution in [3.8, 4) is 16.9 Å². The number of benzene rings is 3. The zero-order valence-electron chi connectivity index (χ0n) is 16.2. The number of azo groups is 1. The highest BCUT2D eigenvalue weighted by molar-refractivity contribution is 5.88. The second kappa shape index (κ2) is 8.40. The van der Waals surface area contributed by atoms with Crippen molar-refractivity contribution in [2.75, 3.05) is 5.32 Å². The molecule has 30 heavy (non-hydrogen) atoms. The Bertz CT molecular complexity index is 1240. The van der Waals surface area contributed by atoms with Gasteiger partial charge in [0, 0.05) is 18.2 Å². The van der Waals surface area contributed by atoms with E-state index in [2.05, 4.69) is 20.6 Å². The fourth-order valence-corrected chi connectivity index (χ4v) is 3.01. The van der Waals surface area contributed by atoms with Crippen LogP contribution in [0.5, 0.6) is 0 Å². The van der Waals surface area contributed by atoms with Gasteiger partial charge in [-0.15, -0.1) is 5.11 Å². The van der Waals surface area contributed by atoms with Gasteiger partial charge in [0.05, 0.1) is 17.1 Å². The SMILES string of the molecule is CC(=O)Nc1ccc(N=Nc2c(-c3ccccc3)[nH]n(-c3ccccc3)c2=O)cc1. The Kier molecular flexibility index (Phi) is 5.34. The highest BCUT2D eigenvalue weighted by atomic mass is 16.1. The van der Waals surface area contributed by atoms with Gasteiger partial charge in [0.25, 0.3) is 5.56 Å². The molecular weight excluding hydrogens is 378 g/mol. The number of nitrogens with one attached hydrogen (secondary N) is 2. The van der Waals surface area contributed by atoms with Crippen molar-refractivity contribution in [3.63, 3.8) is 0 Å². The molecule has 1 amide bonds. The van der Waals surface area contributed by atoms with Gasteiger partial charge in [0.15, 0.2) is 5.69 Å². The van der Waals surface area contributed by atoms with E-state index in [-0.39, 0.29) is 17.2 Å². The normalized spacial score (nSPS) is 11.0. The first-order chi connectivity index (χ1) is 14.6. The van der Waals surface area contributed by atoms with Crippen LogP contribution in [-0.2, 0) is 4.79 Å². The Morgan fingerprint density at radius 2 is 1.50 bits per heavy atom. The average Bonchev–Trinajstić information content (AvgIpc) is 3.10. The summed E-state index contributed by atoms with van der Waals surface area (Å²) >= 11 is 0. The topological polar surface area (TPSA) is 91.6 Å². The Balaban J connectivity index is 1.75. The predicted octanol–water partition coefficient (Wildman–Crippen LogP) is 5.21. The number of aromatic nitrogens is 2. The quantitative estimate of drug-likeness (QED) is 0.453. The van der Waals surface area contributed by atoms with Gasteiger partial charge < -0.3 is 5.32 Å². The van der Waals surface area contributed by atoms with Crippen molar-refractivity contribution in [2.24, 2.45) is 10.2 Å². The number of anilines is 1. The summed E-state index contributed by atoms with van der Waals surface area (Å²) in [7, 11) is 0. The number of H-pyrrole nitrogens is 1. The molecule has 1 aromatic heterocycles. The van der Waals surface area contributed by atoms with Crippen LogP contribution in [0.15, 0.2) is 100.0 Å². The van der Waals surface area contributed by atoms with E-state index in [1.165, 1.54) is 11.6 Å². The number of hydrogen-bond acceptors (Lipinski definition) is 4. The molecule has 0 fully saturated rings. The van der Waals surface area contributed by atoms with Crippen LogP contribution in [0.1, 0.15) is 6.92 Å². The second-order valence-corrected chi connectivity index (χ2v) is 6.61. The van der Waals surface area contributed by atoms with Gasteiger partial charge >= 0.3 is 0 Å². The van der Waals surface area contributed by atoms with Crippen LogP contribution in [0, 0.1) is 0 Å². The lowest BCUT2D eigenvalue weighted by molar-refractivity contribution is -0.114. The van der Waals surface area contributed by atoms with Gasteiger partial charge in [-0.25, -0.2) is 4.68 Å².